The molecule has 0 aliphatic heterocycles. The molecule has 0 spiro atoms. The van der Waals surface area contributed by atoms with Crippen LogP contribution in [0, 0.1) is 11.8 Å². The van der Waals surface area contributed by atoms with Crippen LogP contribution >= 0.6 is 0 Å². The minimum absolute atomic E-state index is 0.108. The fourth-order valence-electron chi connectivity index (χ4n) is 5.91. The third-order valence-electron chi connectivity index (χ3n) is 8.60. The van der Waals surface area contributed by atoms with Crippen LogP contribution in [0.15, 0.2) is 182 Å². The summed E-state index contributed by atoms with van der Waals surface area (Å²) >= 11 is 0. The summed E-state index contributed by atoms with van der Waals surface area (Å²) in [6.07, 6.45) is 20.3. The van der Waals surface area contributed by atoms with Crippen molar-refractivity contribution in [3.63, 3.8) is 0 Å². The molecule has 0 bridgehead atoms. The topological polar surface area (TPSA) is 105 Å². The highest BCUT2D eigenvalue weighted by atomic mass is 16.5. The molecule has 1 aliphatic rings. The molecule has 4 aromatic carbocycles. The van der Waals surface area contributed by atoms with Crippen LogP contribution in [-0.2, 0) is 38.1 Å². The molecular weight excluding hydrogens is 801 g/mol. The molecular formula is C56H72O8. The summed E-state index contributed by atoms with van der Waals surface area (Å²) in [5.41, 5.74) is 4.55. The Bertz CT molecular complexity index is 1810. The third-order valence-corrected chi connectivity index (χ3v) is 8.60. The van der Waals surface area contributed by atoms with Crippen LogP contribution in [0.2, 0.25) is 0 Å². The van der Waals surface area contributed by atoms with E-state index in [4.69, 9.17) is 9.47 Å². The quantitative estimate of drug-likeness (QED) is 0.0600. The number of esters is 4. The minimum atomic E-state index is -0.368. The second kappa shape index (κ2) is 40.3. The molecule has 1 fully saturated rings. The van der Waals surface area contributed by atoms with Crippen molar-refractivity contribution in [1.29, 1.82) is 0 Å². The van der Waals surface area contributed by atoms with Crippen molar-refractivity contribution in [3.05, 3.63) is 204 Å². The number of hydrogen-bond acceptors (Lipinski definition) is 8. The number of carbonyl (C=O) groups is 4. The Morgan fingerprint density at radius 1 is 0.359 bits per heavy atom. The van der Waals surface area contributed by atoms with E-state index in [0.717, 1.165) is 11.1 Å². The van der Waals surface area contributed by atoms with E-state index in [1.807, 2.05) is 177 Å². The van der Waals surface area contributed by atoms with Crippen LogP contribution < -0.4 is 0 Å². The summed E-state index contributed by atoms with van der Waals surface area (Å²) in [4.78, 5) is 44.7. The molecule has 0 radical (unpaired) electrons. The summed E-state index contributed by atoms with van der Waals surface area (Å²) in [5.74, 6) is -0.918. The van der Waals surface area contributed by atoms with Gasteiger partial charge in [-0.25, -0.2) is 19.2 Å². The Morgan fingerprint density at radius 2 is 0.609 bits per heavy atom. The molecule has 1 saturated carbocycles. The average Bonchev–Trinajstić information content (AvgIpc) is 3.37. The molecule has 0 amide bonds. The predicted molar refractivity (Wildman–Crippen MR) is 266 cm³/mol. The van der Waals surface area contributed by atoms with E-state index < -0.39 is 0 Å². The van der Waals surface area contributed by atoms with E-state index in [1.54, 1.807) is 24.3 Å². The number of hydrogen-bond donors (Lipinski definition) is 0. The Balaban J connectivity index is 0. The lowest BCUT2D eigenvalue weighted by Gasteiger charge is -2.51. The van der Waals surface area contributed by atoms with Crippen LogP contribution in [0.5, 0.6) is 0 Å². The molecule has 1 aliphatic carbocycles. The van der Waals surface area contributed by atoms with E-state index >= 15 is 0 Å². The zero-order valence-corrected chi connectivity index (χ0v) is 40.1. The average molecular weight is 873 g/mol. The molecule has 0 saturated heterocycles. The first kappa shape index (κ1) is 59.3. The summed E-state index contributed by atoms with van der Waals surface area (Å²) in [7, 11) is 5.46. The van der Waals surface area contributed by atoms with E-state index in [1.165, 1.54) is 63.9 Å². The van der Waals surface area contributed by atoms with E-state index in [2.05, 4.69) is 33.7 Å². The highest BCUT2D eigenvalue weighted by molar-refractivity contribution is 5.83. The molecule has 8 nitrogen and oxygen atoms in total. The van der Waals surface area contributed by atoms with Crippen molar-refractivity contribution in [3.8, 4) is 0 Å². The molecule has 8 heteroatoms. The lowest BCUT2D eigenvalue weighted by Crippen LogP contribution is -2.41. The van der Waals surface area contributed by atoms with Crippen LogP contribution in [-0.4, -0.2) is 52.3 Å². The second-order valence-corrected chi connectivity index (χ2v) is 12.1. The molecule has 64 heavy (non-hydrogen) atoms. The Labute approximate surface area is 384 Å². The van der Waals surface area contributed by atoms with Crippen LogP contribution in [0.1, 0.15) is 89.5 Å². The minimum Gasteiger partial charge on any atom is -0.466 e. The van der Waals surface area contributed by atoms with Crippen molar-refractivity contribution in [2.75, 3.05) is 28.4 Å². The highest BCUT2D eigenvalue weighted by Crippen LogP contribution is 2.58. The zero-order chi connectivity index (χ0) is 48.4. The van der Waals surface area contributed by atoms with Gasteiger partial charge in [0, 0.05) is 24.3 Å². The van der Waals surface area contributed by atoms with Gasteiger partial charge in [-0.15, -0.1) is 0 Å². The number of allylic oxidation sites excluding steroid dienone is 6. The zero-order valence-electron chi connectivity index (χ0n) is 40.1. The van der Waals surface area contributed by atoms with E-state index in [0.29, 0.717) is 0 Å². The Hall–Kier alpha value is -6.80. The van der Waals surface area contributed by atoms with Crippen LogP contribution in [0.4, 0.5) is 0 Å². The third kappa shape index (κ3) is 24.6. The lowest BCUT2D eigenvalue weighted by molar-refractivity contribution is -0.135. The fraction of sp³-hybridized carbons (Fsp3) is 0.286. The molecule has 0 heterocycles. The van der Waals surface area contributed by atoms with Crippen molar-refractivity contribution in [2.45, 2.75) is 67.2 Å². The Kier molecular flexibility index (Phi) is 37.3. The first-order valence-electron chi connectivity index (χ1n) is 21.9. The monoisotopic (exact) mass is 873 g/mol. The largest absolute Gasteiger partial charge is 0.466 e. The van der Waals surface area contributed by atoms with E-state index in [9.17, 15) is 19.2 Å². The normalized spacial score (nSPS) is 15.7. The van der Waals surface area contributed by atoms with Gasteiger partial charge < -0.3 is 18.9 Å². The smallest absolute Gasteiger partial charge is 0.330 e. The van der Waals surface area contributed by atoms with Gasteiger partial charge in [-0.2, -0.15) is 0 Å². The SMILES string of the molecule is CC.CC.CC.CC.COC(=O)C=CC1C(c2ccccc2)C(C=CC(=O)OC)C1c1ccccc1.COC(=O)C=CC=Cc1ccccc1.COC(=O)C=CC=Cc1ccccc1. The summed E-state index contributed by atoms with van der Waals surface area (Å²) in [5, 5.41) is 0. The van der Waals surface area contributed by atoms with Crippen molar-refractivity contribution in [2.24, 2.45) is 11.8 Å². The fourth-order valence-corrected chi connectivity index (χ4v) is 5.91. The number of benzene rings is 4. The van der Waals surface area contributed by atoms with Gasteiger partial charge in [0.1, 0.15) is 0 Å². The number of methoxy groups -OCH3 is 4. The molecule has 5 rings (SSSR count). The van der Waals surface area contributed by atoms with Gasteiger partial charge in [-0.1, -0.05) is 225 Å². The maximum atomic E-state index is 11.7. The van der Waals surface area contributed by atoms with Gasteiger partial charge in [0.2, 0.25) is 0 Å². The number of carbonyl (C=O) groups excluding carboxylic acids is 4. The maximum Gasteiger partial charge on any atom is 0.330 e. The maximum absolute atomic E-state index is 11.7. The first-order chi connectivity index (χ1) is 31.3. The molecule has 0 N–H and O–H groups in total. The van der Waals surface area contributed by atoms with Gasteiger partial charge in [0.25, 0.3) is 0 Å². The Morgan fingerprint density at radius 3 is 0.875 bits per heavy atom. The summed E-state index contributed by atoms with van der Waals surface area (Å²) in [6.45, 7) is 16.0. The molecule has 344 valence electrons. The van der Waals surface area contributed by atoms with Crippen molar-refractivity contribution >= 4 is 36.0 Å². The van der Waals surface area contributed by atoms with Gasteiger partial charge in [-0.3, -0.25) is 0 Å². The predicted octanol–water partition coefficient (Wildman–Crippen LogP) is 13.2. The standard InChI is InChI=1S/C24H24O4.2C12H12O2.4C2H6/c1-27-21(25)15-13-19-23(17-9-5-3-6-10-17)20(14-16-22(26)28-2)24(19)18-11-7-4-8-12-18;2*1-14-12(13)10-6-5-9-11-7-3-2-4-8-11;4*1-2/h3-16,19-20,23-24H,1-2H3;2*2-10H,1H3;4*1-2H3. The second-order valence-electron chi connectivity index (χ2n) is 12.1. The van der Waals surface area contributed by atoms with Crippen molar-refractivity contribution in [1.82, 2.24) is 0 Å². The van der Waals surface area contributed by atoms with Gasteiger partial charge in [-0.05, 0) is 45.9 Å². The molecule has 0 unspecified atom stereocenters. The highest BCUT2D eigenvalue weighted by Gasteiger charge is 2.49. The first-order valence-corrected chi connectivity index (χ1v) is 21.9. The van der Waals surface area contributed by atoms with Crippen LogP contribution in [0.3, 0.4) is 0 Å². The lowest BCUT2D eigenvalue weighted by atomic mass is 9.52. The number of ether oxygens (including phenoxy) is 4. The van der Waals surface area contributed by atoms with Gasteiger partial charge in [0.15, 0.2) is 0 Å². The number of rotatable bonds is 12. The summed E-state index contributed by atoms with van der Waals surface area (Å²) < 4.78 is 18.4. The van der Waals surface area contributed by atoms with Gasteiger partial charge in [0.05, 0.1) is 28.4 Å². The van der Waals surface area contributed by atoms with Gasteiger partial charge >= 0.3 is 23.9 Å². The molecule has 0 atom stereocenters. The summed E-state index contributed by atoms with van der Waals surface area (Å²) in [6, 6.07) is 40.1. The molecule has 0 aromatic heterocycles. The van der Waals surface area contributed by atoms with Crippen molar-refractivity contribution < 1.29 is 38.1 Å². The van der Waals surface area contributed by atoms with E-state index in [-0.39, 0.29) is 47.5 Å². The molecule has 4 aromatic rings. The van der Waals surface area contributed by atoms with Crippen LogP contribution in [0.25, 0.3) is 12.2 Å².